The summed E-state index contributed by atoms with van der Waals surface area (Å²) in [5.74, 6) is 0. The van der Waals surface area contributed by atoms with Crippen LogP contribution in [-0.4, -0.2) is 6.21 Å². The Morgan fingerprint density at radius 1 is 1.00 bits per heavy atom. The van der Waals surface area contributed by atoms with Gasteiger partial charge in [0, 0.05) is 9.50 Å². The molecule has 0 aliphatic heterocycles. The summed E-state index contributed by atoms with van der Waals surface area (Å²) in [6.07, 6.45) is 1.76. The van der Waals surface area contributed by atoms with E-state index in [0.29, 0.717) is 5.02 Å². The van der Waals surface area contributed by atoms with Crippen LogP contribution in [0.2, 0.25) is 5.02 Å². The molecule has 0 amide bonds. The SMILES string of the molecule is Clc1ccc(N/N=C\c2ccc(Br)cc2)cc1. The first kappa shape index (κ1) is 12.1. The lowest BCUT2D eigenvalue weighted by Gasteiger charge is -1.99. The fourth-order valence-corrected chi connectivity index (χ4v) is 1.64. The Morgan fingerprint density at radius 3 is 2.29 bits per heavy atom. The van der Waals surface area contributed by atoms with Crippen molar-refractivity contribution in [2.45, 2.75) is 0 Å². The van der Waals surface area contributed by atoms with Gasteiger partial charge in [0.1, 0.15) is 0 Å². The molecule has 0 heterocycles. The summed E-state index contributed by atoms with van der Waals surface area (Å²) in [6, 6.07) is 15.3. The van der Waals surface area contributed by atoms with Gasteiger partial charge in [-0.2, -0.15) is 5.10 Å². The monoisotopic (exact) mass is 308 g/mol. The molecule has 0 bridgehead atoms. The predicted octanol–water partition coefficient (Wildman–Crippen LogP) is 4.55. The molecule has 17 heavy (non-hydrogen) atoms. The standard InChI is InChI=1S/C13H10BrClN2/c14-11-3-1-10(2-4-11)9-16-17-13-7-5-12(15)6-8-13/h1-9,17H/b16-9-. The van der Waals surface area contributed by atoms with Gasteiger partial charge < -0.3 is 0 Å². The van der Waals surface area contributed by atoms with E-state index >= 15 is 0 Å². The minimum absolute atomic E-state index is 0.715. The molecule has 0 aliphatic carbocycles. The lowest BCUT2D eigenvalue weighted by molar-refractivity contribution is 1.35. The average Bonchev–Trinajstić information content (AvgIpc) is 2.34. The highest BCUT2D eigenvalue weighted by atomic mass is 79.9. The molecule has 0 spiro atoms. The lowest BCUT2D eigenvalue weighted by atomic mass is 10.2. The van der Waals surface area contributed by atoms with Crippen LogP contribution < -0.4 is 5.43 Å². The summed E-state index contributed by atoms with van der Waals surface area (Å²) in [7, 11) is 0. The summed E-state index contributed by atoms with van der Waals surface area (Å²) in [5, 5.41) is 4.85. The molecule has 0 radical (unpaired) electrons. The van der Waals surface area contributed by atoms with Crippen LogP contribution in [-0.2, 0) is 0 Å². The van der Waals surface area contributed by atoms with Gasteiger partial charge in [-0.15, -0.1) is 0 Å². The fraction of sp³-hybridized carbons (Fsp3) is 0. The molecule has 0 aliphatic rings. The Balaban J connectivity index is 1.97. The van der Waals surface area contributed by atoms with Gasteiger partial charge in [0.2, 0.25) is 0 Å². The molecule has 0 saturated heterocycles. The first-order chi connectivity index (χ1) is 8.24. The van der Waals surface area contributed by atoms with E-state index in [-0.39, 0.29) is 0 Å². The van der Waals surface area contributed by atoms with Crippen LogP contribution in [0.3, 0.4) is 0 Å². The Kier molecular flexibility index (Phi) is 4.18. The van der Waals surface area contributed by atoms with Crippen molar-refractivity contribution in [3.63, 3.8) is 0 Å². The quantitative estimate of drug-likeness (QED) is 0.653. The summed E-state index contributed by atoms with van der Waals surface area (Å²) in [5.41, 5.74) is 4.88. The molecule has 0 fully saturated rings. The normalized spacial score (nSPS) is 10.7. The Hall–Kier alpha value is -1.32. The second-order valence-corrected chi connectivity index (χ2v) is 4.78. The number of hydrazone groups is 1. The topological polar surface area (TPSA) is 24.4 Å². The van der Waals surface area contributed by atoms with Gasteiger partial charge in [0.25, 0.3) is 0 Å². The van der Waals surface area contributed by atoms with Crippen LogP contribution in [0.1, 0.15) is 5.56 Å². The van der Waals surface area contributed by atoms with E-state index in [9.17, 15) is 0 Å². The second kappa shape index (κ2) is 5.84. The highest BCUT2D eigenvalue weighted by molar-refractivity contribution is 9.10. The van der Waals surface area contributed by atoms with Crippen LogP contribution in [0.15, 0.2) is 58.1 Å². The van der Waals surface area contributed by atoms with Crippen molar-refractivity contribution in [1.29, 1.82) is 0 Å². The summed E-state index contributed by atoms with van der Waals surface area (Å²) >= 11 is 9.17. The molecular weight excluding hydrogens is 300 g/mol. The van der Waals surface area contributed by atoms with Gasteiger partial charge in [-0.05, 0) is 42.0 Å². The lowest BCUT2D eigenvalue weighted by Crippen LogP contribution is -1.89. The van der Waals surface area contributed by atoms with Gasteiger partial charge in [-0.3, -0.25) is 5.43 Å². The average molecular weight is 310 g/mol. The second-order valence-electron chi connectivity index (χ2n) is 3.43. The predicted molar refractivity (Wildman–Crippen MR) is 76.8 cm³/mol. The Morgan fingerprint density at radius 2 is 1.65 bits per heavy atom. The maximum Gasteiger partial charge on any atom is 0.0562 e. The fourth-order valence-electron chi connectivity index (χ4n) is 1.25. The van der Waals surface area contributed by atoms with Crippen LogP contribution in [0.4, 0.5) is 5.69 Å². The molecule has 0 aromatic heterocycles. The highest BCUT2D eigenvalue weighted by Gasteiger charge is 1.90. The number of anilines is 1. The van der Waals surface area contributed by atoms with Crippen molar-refractivity contribution in [1.82, 2.24) is 0 Å². The van der Waals surface area contributed by atoms with Crippen molar-refractivity contribution in [2.75, 3.05) is 5.43 Å². The maximum atomic E-state index is 5.79. The van der Waals surface area contributed by atoms with Crippen LogP contribution >= 0.6 is 27.5 Å². The van der Waals surface area contributed by atoms with Gasteiger partial charge in [0.05, 0.1) is 11.9 Å². The molecule has 0 unspecified atom stereocenters. The molecule has 4 heteroatoms. The van der Waals surface area contributed by atoms with E-state index in [0.717, 1.165) is 15.7 Å². The largest absolute Gasteiger partial charge is 0.279 e. The third-order valence-electron chi connectivity index (χ3n) is 2.12. The van der Waals surface area contributed by atoms with Gasteiger partial charge in [-0.25, -0.2) is 0 Å². The Labute approximate surface area is 113 Å². The summed E-state index contributed by atoms with van der Waals surface area (Å²) < 4.78 is 1.06. The van der Waals surface area contributed by atoms with Gasteiger partial charge in [-0.1, -0.05) is 39.7 Å². The summed E-state index contributed by atoms with van der Waals surface area (Å²) in [6.45, 7) is 0. The number of hydrogen-bond donors (Lipinski definition) is 1. The number of nitrogens with zero attached hydrogens (tertiary/aromatic N) is 1. The van der Waals surface area contributed by atoms with E-state index in [1.165, 1.54) is 0 Å². The van der Waals surface area contributed by atoms with E-state index in [1.54, 1.807) is 6.21 Å². The van der Waals surface area contributed by atoms with Crippen molar-refractivity contribution in [3.05, 3.63) is 63.6 Å². The zero-order valence-electron chi connectivity index (χ0n) is 8.90. The highest BCUT2D eigenvalue weighted by Crippen LogP contribution is 2.13. The third kappa shape index (κ3) is 3.88. The van der Waals surface area contributed by atoms with Gasteiger partial charge in [0.15, 0.2) is 0 Å². The van der Waals surface area contributed by atoms with Crippen molar-refractivity contribution < 1.29 is 0 Å². The third-order valence-corrected chi connectivity index (χ3v) is 2.90. The number of hydrogen-bond acceptors (Lipinski definition) is 2. The molecule has 2 rings (SSSR count). The zero-order valence-corrected chi connectivity index (χ0v) is 11.2. The van der Waals surface area contributed by atoms with Crippen molar-refractivity contribution in [3.8, 4) is 0 Å². The van der Waals surface area contributed by atoms with Crippen LogP contribution in [0.5, 0.6) is 0 Å². The van der Waals surface area contributed by atoms with Crippen molar-refractivity contribution >= 4 is 39.4 Å². The number of benzene rings is 2. The van der Waals surface area contributed by atoms with Crippen LogP contribution in [0.25, 0.3) is 0 Å². The molecule has 86 valence electrons. The minimum Gasteiger partial charge on any atom is -0.279 e. The molecular formula is C13H10BrClN2. The minimum atomic E-state index is 0.715. The van der Waals surface area contributed by atoms with Crippen LogP contribution in [0, 0.1) is 0 Å². The first-order valence-electron chi connectivity index (χ1n) is 5.04. The van der Waals surface area contributed by atoms with E-state index in [1.807, 2.05) is 48.5 Å². The molecule has 1 N–H and O–H groups in total. The molecule has 2 aromatic carbocycles. The number of nitrogens with one attached hydrogen (secondary N) is 1. The van der Waals surface area contributed by atoms with E-state index < -0.39 is 0 Å². The molecule has 0 atom stereocenters. The Bertz CT molecular complexity index is 506. The first-order valence-corrected chi connectivity index (χ1v) is 6.21. The molecule has 0 saturated carbocycles. The smallest absolute Gasteiger partial charge is 0.0562 e. The molecule has 2 aromatic rings. The van der Waals surface area contributed by atoms with E-state index in [4.69, 9.17) is 11.6 Å². The number of rotatable bonds is 3. The maximum absolute atomic E-state index is 5.79. The van der Waals surface area contributed by atoms with Gasteiger partial charge >= 0.3 is 0 Å². The summed E-state index contributed by atoms with van der Waals surface area (Å²) in [4.78, 5) is 0. The van der Waals surface area contributed by atoms with Crippen molar-refractivity contribution in [2.24, 2.45) is 5.10 Å². The number of halogens is 2. The molecule has 2 nitrogen and oxygen atoms in total. The zero-order chi connectivity index (χ0) is 12.1. The van der Waals surface area contributed by atoms with E-state index in [2.05, 4.69) is 26.5 Å².